The molecule has 31 heavy (non-hydrogen) atoms. The minimum absolute atomic E-state index is 0.177. The van der Waals surface area contributed by atoms with Gasteiger partial charge in [-0.05, 0) is 30.7 Å². The second kappa shape index (κ2) is 6.05. The molecule has 1 aliphatic heterocycles. The van der Waals surface area contributed by atoms with Gasteiger partial charge in [0.15, 0.2) is 5.78 Å². The van der Waals surface area contributed by atoms with Crippen LogP contribution in [-0.2, 0) is 4.79 Å². The lowest BCUT2D eigenvalue weighted by Gasteiger charge is -2.36. The maximum Gasteiger partial charge on any atom is 0.245 e. The van der Waals surface area contributed by atoms with Crippen LogP contribution in [-0.4, -0.2) is 16.7 Å². The maximum atomic E-state index is 13.8. The first kappa shape index (κ1) is 17.9. The number of aromatic nitrogens is 1. The lowest BCUT2D eigenvalue weighted by atomic mass is 9.80. The van der Waals surface area contributed by atoms with Crippen molar-refractivity contribution < 1.29 is 9.59 Å². The Labute approximate surface area is 179 Å². The van der Waals surface area contributed by atoms with E-state index in [9.17, 15) is 9.59 Å². The van der Waals surface area contributed by atoms with Gasteiger partial charge in [-0.2, -0.15) is 0 Å². The molecule has 0 spiro atoms. The van der Waals surface area contributed by atoms with E-state index in [1.54, 1.807) is 18.7 Å². The van der Waals surface area contributed by atoms with Crippen LogP contribution in [0.5, 0.6) is 0 Å². The Bertz CT molecular complexity index is 1550. The van der Waals surface area contributed by atoms with E-state index in [4.69, 9.17) is 0 Å². The molecule has 0 saturated heterocycles. The van der Waals surface area contributed by atoms with Crippen LogP contribution in [0.4, 0.5) is 11.4 Å². The zero-order valence-corrected chi connectivity index (χ0v) is 17.3. The second-order valence-corrected chi connectivity index (χ2v) is 8.65. The van der Waals surface area contributed by atoms with Crippen LogP contribution in [0, 0.1) is 5.41 Å². The van der Waals surface area contributed by atoms with Gasteiger partial charge in [0.05, 0.1) is 16.9 Å². The predicted octanol–water partition coefficient (Wildman–Crippen LogP) is 6.36. The molecule has 6 rings (SSSR count). The predicted molar refractivity (Wildman–Crippen MR) is 125 cm³/mol. The molecule has 0 fully saturated rings. The van der Waals surface area contributed by atoms with Gasteiger partial charge in [0.25, 0.3) is 0 Å². The van der Waals surface area contributed by atoms with E-state index in [-0.39, 0.29) is 11.7 Å². The maximum absolute atomic E-state index is 13.8. The summed E-state index contributed by atoms with van der Waals surface area (Å²) in [7, 11) is 0. The summed E-state index contributed by atoms with van der Waals surface area (Å²) in [5, 5.41) is 5.02. The standard InChI is InChI=1S/C27H20N2O2/c1-27(2)25(30)23-24(20-15-14-17-9-4-6-12-19(17)22(20)28-23)29(26(27)31)21-13-7-10-16-8-3-5-11-18(16)21/h3-15,28H,1-2H3. The Morgan fingerprint density at radius 2 is 1.35 bits per heavy atom. The van der Waals surface area contributed by atoms with Crippen LogP contribution < -0.4 is 4.90 Å². The fraction of sp³-hybridized carbons (Fsp3) is 0.111. The quantitative estimate of drug-likeness (QED) is 0.330. The molecular weight excluding hydrogens is 384 g/mol. The average Bonchev–Trinajstić information content (AvgIpc) is 3.18. The number of nitrogens with one attached hydrogen (secondary N) is 1. The minimum Gasteiger partial charge on any atom is -0.350 e. The summed E-state index contributed by atoms with van der Waals surface area (Å²) in [5.74, 6) is -0.389. The molecular formula is C27H20N2O2. The Balaban J connectivity index is 1.76. The number of hydrogen-bond donors (Lipinski definition) is 1. The van der Waals surface area contributed by atoms with Crippen molar-refractivity contribution in [1.29, 1.82) is 0 Å². The van der Waals surface area contributed by atoms with Gasteiger partial charge in [-0.1, -0.05) is 72.8 Å². The molecule has 0 saturated carbocycles. The largest absolute Gasteiger partial charge is 0.350 e. The number of H-pyrrole nitrogens is 1. The summed E-state index contributed by atoms with van der Waals surface area (Å²) in [4.78, 5) is 32.3. The van der Waals surface area contributed by atoms with Crippen molar-refractivity contribution in [2.24, 2.45) is 5.41 Å². The number of anilines is 2. The van der Waals surface area contributed by atoms with Gasteiger partial charge in [0.2, 0.25) is 5.91 Å². The van der Waals surface area contributed by atoms with Gasteiger partial charge in [0, 0.05) is 16.2 Å². The van der Waals surface area contributed by atoms with Crippen LogP contribution in [0.1, 0.15) is 24.3 Å². The molecule has 5 aromatic rings. The van der Waals surface area contributed by atoms with Crippen molar-refractivity contribution in [2.75, 3.05) is 4.90 Å². The van der Waals surface area contributed by atoms with Gasteiger partial charge < -0.3 is 4.98 Å². The molecule has 4 nitrogen and oxygen atoms in total. The molecule has 1 amide bonds. The van der Waals surface area contributed by atoms with E-state index in [2.05, 4.69) is 4.98 Å². The monoisotopic (exact) mass is 404 g/mol. The molecule has 4 aromatic carbocycles. The molecule has 1 N–H and O–H groups in total. The smallest absolute Gasteiger partial charge is 0.245 e. The van der Waals surface area contributed by atoms with Crippen LogP contribution in [0.25, 0.3) is 32.4 Å². The number of Topliss-reactive ketones (excluding diaryl/α,β-unsaturated/α-hetero) is 1. The molecule has 0 aliphatic carbocycles. The van der Waals surface area contributed by atoms with Gasteiger partial charge in [-0.15, -0.1) is 0 Å². The van der Waals surface area contributed by atoms with Crippen molar-refractivity contribution in [2.45, 2.75) is 13.8 Å². The number of aromatic amines is 1. The fourth-order valence-electron chi connectivity index (χ4n) is 4.74. The summed E-state index contributed by atoms with van der Waals surface area (Å²) in [6.45, 7) is 3.42. The Morgan fingerprint density at radius 1 is 0.710 bits per heavy atom. The van der Waals surface area contributed by atoms with Crippen molar-refractivity contribution >= 4 is 55.5 Å². The van der Waals surface area contributed by atoms with E-state index < -0.39 is 5.41 Å². The lowest BCUT2D eigenvalue weighted by Crippen LogP contribution is -2.47. The number of carbonyl (C=O) groups excluding carboxylic acids is 2. The first-order valence-electron chi connectivity index (χ1n) is 10.4. The molecule has 0 unspecified atom stereocenters. The number of ketones is 1. The van der Waals surface area contributed by atoms with E-state index in [0.29, 0.717) is 11.4 Å². The number of amides is 1. The average molecular weight is 404 g/mol. The van der Waals surface area contributed by atoms with Gasteiger partial charge >= 0.3 is 0 Å². The van der Waals surface area contributed by atoms with Crippen LogP contribution in [0.3, 0.4) is 0 Å². The Kier molecular flexibility index (Phi) is 3.49. The van der Waals surface area contributed by atoms with E-state index in [0.717, 1.165) is 38.1 Å². The highest BCUT2D eigenvalue weighted by atomic mass is 16.2. The zero-order valence-electron chi connectivity index (χ0n) is 17.3. The highest BCUT2D eigenvalue weighted by Crippen LogP contribution is 2.47. The Morgan fingerprint density at radius 3 is 2.13 bits per heavy atom. The first-order chi connectivity index (χ1) is 15.0. The number of rotatable bonds is 1. The van der Waals surface area contributed by atoms with Crippen molar-refractivity contribution in [3.8, 4) is 0 Å². The summed E-state index contributed by atoms with van der Waals surface area (Å²) >= 11 is 0. The highest BCUT2D eigenvalue weighted by molar-refractivity contribution is 6.32. The SMILES string of the molecule is CC1(C)C(=O)c2[nH]c3c(ccc4ccccc43)c2N(c2cccc3ccccc23)C1=O. The number of benzene rings is 4. The highest BCUT2D eigenvalue weighted by Gasteiger charge is 2.48. The molecule has 1 aromatic heterocycles. The topological polar surface area (TPSA) is 53.2 Å². The van der Waals surface area contributed by atoms with Gasteiger partial charge in [-0.25, -0.2) is 0 Å². The third kappa shape index (κ3) is 2.30. The fourth-order valence-corrected chi connectivity index (χ4v) is 4.74. The van der Waals surface area contributed by atoms with E-state index in [1.807, 2.05) is 78.9 Å². The number of hydrogen-bond acceptors (Lipinski definition) is 2. The lowest BCUT2D eigenvalue weighted by molar-refractivity contribution is -0.124. The van der Waals surface area contributed by atoms with Crippen LogP contribution >= 0.6 is 0 Å². The molecule has 150 valence electrons. The van der Waals surface area contributed by atoms with E-state index >= 15 is 0 Å². The molecule has 0 radical (unpaired) electrons. The molecule has 0 atom stereocenters. The van der Waals surface area contributed by atoms with Crippen molar-refractivity contribution in [3.05, 3.63) is 84.6 Å². The third-order valence-corrected chi connectivity index (χ3v) is 6.43. The van der Waals surface area contributed by atoms with Crippen LogP contribution in [0.2, 0.25) is 0 Å². The van der Waals surface area contributed by atoms with Crippen LogP contribution in [0.15, 0.2) is 78.9 Å². The third-order valence-electron chi connectivity index (χ3n) is 6.43. The minimum atomic E-state index is -1.17. The van der Waals surface area contributed by atoms with E-state index in [1.165, 1.54) is 0 Å². The van der Waals surface area contributed by atoms with Crippen molar-refractivity contribution in [3.63, 3.8) is 0 Å². The first-order valence-corrected chi connectivity index (χ1v) is 10.4. The molecule has 0 bridgehead atoms. The van der Waals surface area contributed by atoms with Gasteiger partial charge in [-0.3, -0.25) is 14.5 Å². The molecule has 2 heterocycles. The molecule has 4 heteroatoms. The Hall–Kier alpha value is -3.92. The second-order valence-electron chi connectivity index (χ2n) is 8.65. The summed E-state index contributed by atoms with van der Waals surface area (Å²) in [6, 6.07) is 26.1. The summed E-state index contributed by atoms with van der Waals surface area (Å²) in [6.07, 6.45) is 0. The number of carbonyl (C=O) groups is 2. The normalized spacial score (nSPS) is 15.7. The van der Waals surface area contributed by atoms with Crippen molar-refractivity contribution in [1.82, 2.24) is 4.98 Å². The summed E-state index contributed by atoms with van der Waals surface area (Å²) < 4.78 is 0. The molecule has 1 aliphatic rings. The number of nitrogens with zero attached hydrogens (tertiary/aromatic N) is 1. The number of fused-ring (bicyclic) bond motifs is 6. The summed E-state index contributed by atoms with van der Waals surface area (Å²) in [5.41, 5.74) is 1.64. The van der Waals surface area contributed by atoms with Gasteiger partial charge in [0.1, 0.15) is 11.1 Å². The zero-order chi connectivity index (χ0) is 21.3.